The molecule has 1 aliphatic carbocycles. The van der Waals surface area contributed by atoms with Gasteiger partial charge in [0.25, 0.3) is 0 Å². The van der Waals surface area contributed by atoms with Crippen molar-refractivity contribution in [2.45, 2.75) is 50.7 Å². The summed E-state index contributed by atoms with van der Waals surface area (Å²) in [5.41, 5.74) is 13.3. The summed E-state index contributed by atoms with van der Waals surface area (Å²) >= 11 is 0. The largest absolute Gasteiger partial charge is 0.383 e. The third-order valence-electron chi connectivity index (χ3n) is 4.19. The van der Waals surface area contributed by atoms with Gasteiger partial charge in [0.15, 0.2) is 0 Å². The molecule has 0 bridgehead atoms. The summed E-state index contributed by atoms with van der Waals surface area (Å²) in [6.45, 7) is 0. The number of rotatable bonds is 5. The Balaban J connectivity index is 2.00. The lowest BCUT2D eigenvalue weighted by Crippen LogP contribution is -2.43. The van der Waals surface area contributed by atoms with Gasteiger partial charge in [0, 0.05) is 19.3 Å². The van der Waals surface area contributed by atoms with Crippen LogP contribution in [0.2, 0.25) is 0 Å². The van der Waals surface area contributed by atoms with Crippen molar-refractivity contribution >= 4 is 5.82 Å². The lowest BCUT2D eigenvalue weighted by Gasteiger charge is -2.33. The van der Waals surface area contributed by atoms with E-state index in [0.717, 1.165) is 12.0 Å². The van der Waals surface area contributed by atoms with E-state index in [4.69, 9.17) is 16.2 Å². The number of hydrogen-bond acceptors (Lipinski definition) is 4. The standard InChI is InChI=1S/C15H25N3O/c1-19-14(11-6-3-2-4-7-11)13(16)10-12-8-5-9-18-15(12)17/h5,8-9,11,13-14H,2-4,6-7,10,16H2,1H3,(H2,17,18). The first kappa shape index (κ1) is 14.3. The fourth-order valence-electron chi connectivity index (χ4n) is 3.17. The molecule has 0 aliphatic heterocycles. The molecule has 0 radical (unpaired) electrons. The summed E-state index contributed by atoms with van der Waals surface area (Å²) in [5.74, 6) is 1.17. The summed E-state index contributed by atoms with van der Waals surface area (Å²) < 4.78 is 5.68. The lowest BCUT2D eigenvalue weighted by molar-refractivity contribution is 0.0179. The summed E-state index contributed by atoms with van der Waals surface area (Å²) in [6, 6.07) is 3.89. The maximum atomic E-state index is 6.35. The number of nitrogen functional groups attached to an aromatic ring is 1. The van der Waals surface area contributed by atoms with E-state index in [2.05, 4.69) is 4.98 Å². The van der Waals surface area contributed by atoms with E-state index in [1.165, 1.54) is 32.1 Å². The highest BCUT2D eigenvalue weighted by Crippen LogP contribution is 2.29. The third-order valence-corrected chi connectivity index (χ3v) is 4.19. The second-order valence-corrected chi connectivity index (χ2v) is 5.51. The molecule has 0 aromatic carbocycles. The number of ether oxygens (including phenoxy) is 1. The average molecular weight is 263 g/mol. The van der Waals surface area contributed by atoms with E-state index in [9.17, 15) is 0 Å². The zero-order chi connectivity index (χ0) is 13.7. The Kier molecular flexibility index (Phi) is 5.16. The quantitative estimate of drug-likeness (QED) is 0.853. The van der Waals surface area contributed by atoms with E-state index in [1.807, 2.05) is 12.1 Å². The highest BCUT2D eigenvalue weighted by Gasteiger charge is 2.28. The van der Waals surface area contributed by atoms with Gasteiger partial charge in [0.2, 0.25) is 0 Å². The molecule has 1 fully saturated rings. The van der Waals surface area contributed by atoms with Gasteiger partial charge in [-0.1, -0.05) is 25.3 Å². The molecule has 2 unspecified atom stereocenters. The van der Waals surface area contributed by atoms with Crippen molar-refractivity contribution < 1.29 is 4.74 Å². The van der Waals surface area contributed by atoms with Crippen LogP contribution < -0.4 is 11.5 Å². The third kappa shape index (κ3) is 3.67. The monoisotopic (exact) mass is 263 g/mol. The molecular formula is C15H25N3O. The average Bonchev–Trinajstić information content (AvgIpc) is 2.43. The fourth-order valence-corrected chi connectivity index (χ4v) is 3.17. The highest BCUT2D eigenvalue weighted by atomic mass is 16.5. The Hall–Kier alpha value is -1.13. The molecule has 1 heterocycles. The molecule has 2 rings (SSSR count). The molecule has 19 heavy (non-hydrogen) atoms. The lowest BCUT2D eigenvalue weighted by atomic mass is 9.81. The molecule has 2 atom stereocenters. The predicted octanol–water partition coefficient (Wildman–Crippen LogP) is 2.13. The van der Waals surface area contributed by atoms with Crippen molar-refractivity contribution in [3.05, 3.63) is 23.9 Å². The summed E-state index contributed by atoms with van der Waals surface area (Å²) in [6.07, 6.45) is 8.97. The van der Waals surface area contributed by atoms with Gasteiger partial charge in [-0.25, -0.2) is 4.98 Å². The summed E-state index contributed by atoms with van der Waals surface area (Å²) in [4.78, 5) is 4.11. The van der Waals surface area contributed by atoms with Gasteiger partial charge in [-0.3, -0.25) is 0 Å². The number of aromatic nitrogens is 1. The van der Waals surface area contributed by atoms with Crippen LogP contribution in [-0.4, -0.2) is 24.2 Å². The van der Waals surface area contributed by atoms with Crippen molar-refractivity contribution in [3.63, 3.8) is 0 Å². The van der Waals surface area contributed by atoms with Crippen molar-refractivity contribution in [2.24, 2.45) is 11.7 Å². The van der Waals surface area contributed by atoms with E-state index in [0.29, 0.717) is 11.7 Å². The zero-order valence-electron chi connectivity index (χ0n) is 11.7. The second kappa shape index (κ2) is 6.87. The maximum absolute atomic E-state index is 6.35. The van der Waals surface area contributed by atoms with Gasteiger partial charge >= 0.3 is 0 Å². The Bertz CT molecular complexity index is 391. The van der Waals surface area contributed by atoms with Crippen molar-refractivity contribution in [2.75, 3.05) is 12.8 Å². The Morgan fingerprint density at radius 2 is 2.11 bits per heavy atom. The normalized spacial score (nSPS) is 20.1. The van der Waals surface area contributed by atoms with E-state index >= 15 is 0 Å². The first-order chi connectivity index (χ1) is 9.22. The number of methoxy groups -OCH3 is 1. The molecule has 4 nitrogen and oxygen atoms in total. The van der Waals surface area contributed by atoms with Crippen LogP contribution in [0.5, 0.6) is 0 Å². The SMILES string of the molecule is COC(C(N)Cc1cccnc1N)C1CCCCC1. The van der Waals surface area contributed by atoms with Crippen molar-refractivity contribution in [1.29, 1.82) is 0 Å². The summed E-state index contributed by atoms with van der Waals surface area (Å²) in [7, 11) is 1.77. The molecule has 4 heteroatoms. The van der Waals surface area contributed by atoms with Gasteiger partial charge in [0.1, 0.15) is 5.82 Å². The Morgan fingerprint density at radius 1 is 1.37 bits per heavy atom. The first-order valence-electron chi connectivity index (χ1n) is 7.20. The molecule has 4 N–H and O–H groups in total. The second-order valence-electron chi connectivity index (χ2n) is 5.51. The number of pyridine rings is 1. The van der Waals surface area contributed by atoms with Gasteiger partial charge in [-0.05, 0) is 36.8 Å². The maximum Gasteiger partial charge on any atom is 0.126 e. The van der Waals surface area contributed by atoms with Gasteiger partial charge in [-0.15, -0.1) is 0 Å². The molecule has 1 aliphatic rings. The molecule has 106 valence electrons. The number of nitrogens with zero attached hydrogens (tertiary/aromatic N) is 1. The molecule has 0 amide bonds. The molecule has 0 spiro atoms. The molecule has 0 saturated heterocycles. The minimum Gasteiger partial charge on any atom is -0.383 e. The Morgan fingerprint density at radius 3 is 2.74 bits per heavy atom. The zero-order valence-corrected chi connectivity index (χ0v) is 11.7. The van der Waals surface area contributed by atoms with Crippen LogP contribution in [0.15, 0.2) is 18.3 Å². The molecular weight excluding hydrogens is 238 g/mol. The highest BCUT2D eigenvalue weighted by molar-refractivity contribution is 5.39. The van der Waals surface area contributed by atoms with Crippen LogP contribution >= 0.6 is 0 Å². The van der Waals surface area contributed by atoms with Gasteiger partial charge in [-0.2, -0.15) is 0 Å². The van der Waals surface area contributed by atoms with Crippen molar-refractivity contribution in [1.82, 2.24) is 4.98 Å². The van der Waals surface area contributed by atoms with E-state index in [-0.39, 0.29) is 12.1 Å². The number of nitrogens with two attached hydrogens (primary N) is 2. The molecule has 1 aromatic rings. The van der Waals surface area contributed by atoms with Crippen molar-refractivity contribution in [3.8, 4) is 0 Å². The van der Waals surface area contributed by atoms with Crippen LogP contribution in [0, 0.1) is 5.92 Å². The van der Waals surface area contributed by atoms with Crippen LogP contribution in [0.4, 0.5) is 5.82 Å². The summed E-state index contributed by atoms with van der Waals surface area (Å²) in [5, 5.41) is 0. The fraction of sp³-hybridized carbons (Fsp3) is 0.667. The predicted molar refractivity (Wildman–Crippen MR) is 77.7 cm³/mol. The van der Waals surface area contributed by atoms with Gasteiger partial charge in [0.05, 0.1) is 6.10 Å². The van der Waals surface area contributed by atoms with E-state index < -0.39 is 0 Å². The minimum absolute atomic E-state index is 0.0143. The van der Waals surface area contributed by atoms with Crippen LogP contribution in [0.1, 0.15) is 37.7 Å². The van der Waals surface area contributed by atoms with Crippen LogP contribution in [0.3, 0.4) is 0 Å². The first-order valence-corrected chi connectivity index (χ1v) is 7.20. The van der Waals surface area contributed by atoms with E-state index in [1.54, 1.807) is 13.3 Å². The smallest absolute Gasteiger partial charge is 0.126 e. The minimum atomic E-state index is -0.0143. The van der Waals surface area contributed by atoms with Crippen LogP contribution in [0.25, 0.3) is 0 Å². The number of anilines is 1. The van der Waals surface area contributed by atoms with Crippen LogP contribution in [-0.2, 0) is 11.2 Å². The molecule has 1 aromatic heterocycles. The van der Waals surface area contributed by atoms with Gasteiger partial charge < -0.3 is 16.2 Å². The Labute approximate surface area is 115 Å². The number of hydrogen-bond donors (Lipinski definition) is 2. The topological polar surface area (TPSA) is 74.2 Å². The molecule has 1 saturated carbocycles.